The van der Waals surface area contributed by atoms with Crippen LogP contribution in [0.2, 0.25) is 5.02 Å². The number of carbonyl (C=O) groups is 1. The number of benzene rings is 2. The Morgan fingerprint density at radius 2 is 1.90 bits per heavy atom. The molecule has 0 aromatic heterocycles. The van der Waals surface area contributed by atoms with Crippen molar-refractivity contribution in [2.24, 2.45) is 0 Å². The van der Waals surface area contributed by atoms with E-state index in [1.54, 1.807) is 30.3 Å². The van der Waals surface area contributed by atoms with Gasteiger partial charge >= 0.3 is 5.97 Å². The molecule has 20 heavy (non-hydrogen) atoms. The SMILES string of the molecule is COC(=O)c1ccc(COc2c(F)cccc2Cl)cc1. The lowest BCUT2D eigenvalue weighted by atomic mass is 10.1. The van der Waals surface area contributed by atoms with Gasteiger partial charge in [0.25, 0.3) is 0 Å². The number of hydrogen-bond donors (Lipinski definition) is 0. The molecule has 0 saturated heterocycles. The van der Waals surface area contributed by atoms with Crippen molar-refractivity contribution in [3.8, 4) is 5.75 Å². The molecule has 0 aliphatic carbocycles. The molecule has 2 rings (SSSR count). The Labute approximate surface area is 120 Å². The second kappa shape index (κ2) is 6.39. The molecule has 0 heterocycles. The van der Waals surface area contributed by atoms with Crippen LogP contribution in [0, 0.1) is 5.82 Å². The van der Waals surface area contributed by atoms with Crippen molar-refractivity contribution in [2.45, 2.75) is 6.61 Å². The van der Waals surface area contributed by atoms with Gasteiger partial charge in [-0.1, -0.05) is 29.8 Å². The van der Waals surface area contributed by atoms with Gasteiger partial charge in [0.1, 0.15) is 6.61 Å². The van der Waals surface area contributed by atoms with Crippen molar-refractivity contribution in [1.82, 2.24) is 0 Å². The van der Waals surface area contributed by atoms with Crippen molar-refractivity contribution < 1.29 is 18.7 Å². The van der Waals surface area contributed by atoms with Gasteiger partial charge in [-0.15, -0.1) is 0 Å². The summed E-state index contributed by atoms with van der Waals surface area (Å²) in [5.41, 5.74) is 1.23. The molecule has 0 N–H and O–H groups in total. The maximum absolute atomic E-state index is 13.5. The zero-order valence-corrected chi connectivity index (χ0v) is 11.5. The van der Waals surface area contributed by atoms with Crippen molar-refractivity contribution in [3.05, 3.63) is 64.4 Å². The highest BCUT2D eigenvalue weighted by molar-refractivity contribution is 6.32. The van der Waals surface area contributed by atoms with Crippen LogP contribution in [-0.4, -0.2) is 13.1 Å². The average molecular weight is 295 g/mol. The molecule has 5 heteroatoms. The summed E-state index contributed by atoms with van der Waals surface area (Å²) in [4.78, 5) is 11.3. The standard InChI is InChI=1S/C15H12ClFO3/c1-19-15(18)11-7-5-10(6-8-11)9-20-14-12(16)3-2-4-13(14)17/h2-8H,9H2,1H3. The Bertz CT molecular complexity index is 591. The Morgan fingerprint density at radius 3 is 2.50 bits per heavy atom. The van der Waals surface area contributed by atoms with E-state index < -0.39 is 11.8 Å². The molecule has 2 aromatic rings. The molecule has 0 spiro atoms. The third kappa shape index (κ3) is 3.27. The van der Waals surface area contributed by atoms with Crippen LogP contribution >= 0.6 is 11.6 Å². The Morgan fingerprint density at radius 1 is 1.20 bits per heavy atom. The molecule has 0 bridgehead atoms. The van der Waals surface area contributed by atoms with Gasteiger partial charge in [0.15, 0.2) is 11.6 Å². The van der Waals surface area contributed by atoms with Crippen LogP contribution in [0.1, 0.15) is 15.9 Å². The van der Waals surface area contributed by atoms with Gasteiger partial charge < -0.3 is 9.47 Å². The van der Waals surface area contributed by atoms with E-state index in [2.05, 4.69) is 4.74 Å². The minimum atomic E-state index is -0.510. The minimum Gasteiger partial charge on any atom is -0.484 e. The normalized spacial score (nSPS) is 10.2. The number of ether oxygens (including phenoxy) is 2. The van der Waals surface area contributed by atoms with Gasteiger partial charge in [0.2, 0.25) is 0 Å². The molecule has 0 aliphatic heterocycles. The van der Waals surface area contributed by atoms with Crippen molar-refractivity contribution in [3.63, 3.8) is 0 Å². The highest BCUT2D eigenvalue weighted by Crippen LogP contribution is 2.27. The molecule has 0 aliphatic rings. The maximum Gasteiger partial charge on any atom is 0.337 e. The fourth-order valence-electron chi connectivity index (χ4n) is 1.63. The van der Waals surface area contributed by atoms with E-state index in [1.807, 2.05) is 0 Å². The van der Waals surface area contributed by atoms with Crippen LogP contribution in [-0.2, 0) is 11.3 Å². The van der Waals surface area contributed by atoms with E-state index in [-0.39, 0.29) is 17.4 Å². The Balaban J connectivity index is 2.06. The van der Waals surface area contributed by atoms with Gasteiger partial charge in [-0.05, 0) is 29.8 Å². The number of carbonyl (C=O) groups excluding carboxylic acids is 1. The number of rotatable bonds is 4. The van der Waals surface area contributed by atoms with E-state index in [9.17, 15) is 9.18 Å². The van der Waals surface area contributed by atoms with E-state index in [0.717, 1.165) is 5.56 Å². The van der Waals surface area contributed by atoms with Crippen LogP contribution < -0.4 is 4.74 Å². The highest BCUT2D eigenvalue weighted by Gasteiger charge is 2.09. The van der Waals surface area contributed by atoms with Gasteiger partial charge in [0.05, 0.1) is 17.7 Å². The first-order valence-electron chi connectivity index (χ1n) is 5.86. The molecule has 104 valence electrons. The quantitative estimate of drug-likeness (QED) is 0.804. The zero-order valence-electron chi connectivity index (χ0n) is 10.7. The highest BCUT2D eigenvalue weighted by atomic mass is 35.5. The largest absolute Gasteiger partial charge is 0.484 e. The summed E-state index contributed by atoms with van der Waals surface area (Å²) in [6.45, 7) is 0.155. The van der Waals surface area contributed by atoms with Gasteiger partial charge in [-0.25, -0.2) is 9.18 Å². The summed E-state index contributed by atoms with van der Waals surface area (Å²) in [5, 5.41) is 0.219. The van der Waals surface area contributed by atoms with E-state index in [1.165, 1.54) is 19.2 Å². The first-order valence-corrected chi connectivity index (χ1v) is 6.23. The fourth-order valence-corrected chi connectivity index (χ4v) is 1.85. The maximum atomic E-state index is 13.5. The number of hydrogen-bond acceptors (Lipinski definition) is 3. The molecular formula is C15H12ClFO3. The van der Waals surface area contributed by atoms with E-state index in [4.69, 9.17) is 16.3 Å². The molecule has 0 fully saturated rings. The van der Waals surface area contributed by atoms with Crippen LogP contribution in [0.15, 0.2) is 42.5 Å². The third-order valence-corrected chi connectivity index (χ3v) is 2.97. The molecule has 3 nitrogen and oxygen atoms in total. The number of methoxy groups -OCH3 is 1. The molecule has 0 unspecified atom stereocenters. The predicted molar refractivity (Wildman–Crippen MR) is 73.5 cm³/mol. The lowest BCUT2D eigenvalue weighted by molar-refractivity contribution is 0.0600. The summed E-state index contributed by atoms with van der Waals surface area (Å²) >= 11 is 5.86. The molecule has 0 amide bonds. The summed E-state index contributed by atoms with van der Waals surface area (Å²) < 4.78 is 23.5. The van der Waals surface area contributed by atoms with Crippen LogP contribution in [0.3, 0.4) is 0 Å². The van der Waals surface area contributed by atoms with Gasteiger partial charge in [-0.2, -0.15) is 0 Å². The molecule has 0 radical (unpaired) electrons. The number of para-hydroxylation sites is 1. The summed E-state index contributed by atoms with van der Waals surface area (Å²) in [6.07, 6.45) is 0. The predicted octanol–water partition coefficient (Wildman–Crippen LogP) is 3.84. The Hall–Kier alpha value is -2.07. The third-order valence-electron chi connectivity index (χ3n) is 2.68. The van der Waals surface area contributed by atoms with Crippen molar-refractivity contribution >= 4 is 17.6 Å². The summed E-state index contributed by atoms with van der Waals surface area (Å²) in [6, 6.07) is 11.0. The Kier molecular flexibility index (Phi) is 4.58. The monoisotopic (exact) mass is 294 g/mol. The zero-order chi connectivity index (χ0) is 14.5. The fraction of sp³-hybridized carbons (Fsp3) is 0.133. The molecular weight excluding hydrogens is 283 g/mol. The van der Waals surface area contributed by atoms with Crippen molar-refractivity contribution in [1.29, 1.82) is 0 Å². The first-order chi connectivity index (χ1) is 9.61. The van der Waals surface area contributed by atoms with E-state index >= 15 is 0 Å². The second-order valence-corrected chi connectivity index (χ2v) is 4.44. The molecule has 0 saturated carbocycles. The summed E-state index contributed by atoms with van der Waals surface area (Å²) in [7, 11) is 1.32. The summed E-state index contributed by atoms with van der Waals surface area (Å²) in [5.74, 6) is -0.899. The van der Waals surface area contributed by atoms with Crippen LogP contribution in [0.4, 0.5) is 4.39 Å². The second-order valence-electron chi connectivity index (χ2n) is 4.03. The lowest BCUT2D eigenvalue weighted by Crippen LogP contribution is -2.02. The lowest BCUT2D eigenvalue weighted by Gasteiger charge is -2.09. The number of halogens is 2. The molecule has 0 atom stereocenters. The van der Waals surface area contributed by atoms with Gasteiger partial charge in [0, 0.05) is 0 Å². The smallest absolute Gasteiger partial charge is 0.337 e. The molecule has 2 aromatic carbocycles. The number of esters is 1. The van der Waals surface area contributed by atoms with Crippen molar-refractivity contribution in [2.75, 3.05) is 7.11 Å². The van der Waals surface area contributed by atoms with Crippen LogP contribution in [0.25, 0.3) is 0 Å². The van der Waals surface area contributed by atoms with Crippen LogP contribution in [0.5, 0.6) is 5.75 Å². The first kappa shape index (κ1) is 14.3. The average Bonchev–Trinajstić information content (AvgIpc) is 2.46. The van der Waals surface area contributed by atoms with Gasteiger partial charge in [-0.3, -0.25) is 0 Å². The topological polar surface area (TPSA) is 35.5 Å². The minimum absolute atomic E-state index is 0.0196. The van der Waals surface area contributed by atoms with E-state index in [0.29, 0.717) is 5.56 Å².